The Kier molecular flexibility index (Phi) is 6.20. The van der Waals surface area contributed by atoms with Gasteiger partial charge >= 0.3 is 0 Å². The molecule has 0 radical (unpaired) electrons. The normalized spacial score (nSPS) is 11.9. The Morgan fingerprint density at radius 3 is 2.28 bits per heavy atom. The highest BCUT2D eigenvalue weighted by molar-refractivity contribution is 6.32. The highest BCUT2D eigenvalue weighted by atomic mass is 35.5. The zero-order chi connectivity index (χ0) is 18.6. The molecule has 0 atom stereocenters. The van der Waals surface area contributed by atoms with Crippen molar-refractivity contribution < 1.29 is 22.4 Å². The number of hydrogen-bond donors (Lipinski definition) is 1. The van der Waals surface area contributed by atoms with Crippen molar-refractivity contribution in [3.8, 4) is 0 Å². The van der Waals surface area contributed by atoms with Gasteiger partial charge in [-0.2, -0.15) is 0 Å². The molecule has 0 fully saturated rings. The van der Waals surface area contributed by atoms with Gasteiger partial charge < -0.3 is 5.32 Å². The van der Waals surface area contributed by atoms with Crippen LogP contribution in [-0.4, -0.2) is 6.41 Å². The second-order valence-corrected chi connectivity index (χ2v) is 5.64. The first-order chi connectivity index (χ1) is 11.9. The van der Waals surface area contributed by atoms with Gasteiger partial charge in [0.05, 0.1) is 11.3 Å². The lowest BCUT2D eigenvalue weighted by atomic mass is 9.95. The van der Waals surface area contributed by atoms with Crippen molar-refractivity contribution in [2.45, 2.75) is 19.8 Å². The summed E-state index contributed by atoms with van der Waals surface area (Å²) in [5.74, 6) is -4.07. The molecule has 0 saturated carbocycles. The standard InChI is InChI=1S/C18H14ClF4NO/c1-2-3-12(13-6-10(20)4-5-14(13)19)18(24-9-25)17-15(22)7-11(21)8-16(17)23/h4-9H,2-3H2,1H3,(H,24,25)/b18-12+. The van der Waals surface area contributed by atoms with Gasteiger partial charge in [-0.25, -0.2) is 17.6 Å². The second-order valence-electron chi connectivity index (χ2n) is 5.23. The molecule has 0 bridgehead atoms. The van der Waals surface area contributed by atoms with E-state index in [-0.39, 0.29) is 34.7 Å². The van der Waals surface area contributed by atoms with Gasteiger partial charge in [-0.3, -0.25) is 4.79 Å². The molecule has 0 aliphatic rings. The average Bonchev–Trinajstić information content (AvgIpc) is 2.53. The van der Waals surface area contributed by atoms with Crippen LogP contribution in [0.2, 0.25) is 5.02 Å². The Labute approximate surface area is 147 Å². The van der Waals surface area contributed by atoms with Crippen LogP contribution >= 0.6 is 11.6 Å². The number of rotatable bonds is 6. The Bertz CT molecular complexity index is 813. The third-order valence-electron chi connectivity index (χ3n) is 3.52. The van der Waals surface area contributed by atoms with Crippen molar-refractivity contribution in [2.24, 2.45) is 0 Å². The summed E-state index contributed by atoms with van der Waals surface area (Å²) in [6.45, 7) is 1.79. The molecule has 25 heavy (non-hydrogen) atoms. The summed E-state index contributed by atoms with van der Waals surface area (Å²) in [6, 6.07) is 4.56. The molecule has 7 heteroatoms. The van der Waals surface area contributed by atoms with E-state index in [1.165, 1.54) is 6.07 Å². The molecule has 0 aliphatic carbocycles. The minimum atomic E-state index is -1.19. The summed E-state index contributed by atoms with van der Waals surface area (Å²) in [5, 5.41) is 2.40. The number of amides is 1. The molecule has 0 saturated heterocycles. The average molecular weight is 372 g/mol. The lowest BCUT2D eigenvalue weighted by Gasteiger charge is -2.17. The summed E-state index contributed by atoms with van der Waals surface area (Å²) in [6.07, 6.45) is 1.01. The first-order valence-electron chi connectivity index (χ1n) is 7.42. The Morgan fingerprint density at radius 2 is 1.72 bits per heavy atom. The first kappa shape index (κ1) is 19.0. The van der Waals surface area contributed by atoms with Crippen molar-refractivity contribution in [2.75, 3.05) is 0 Å². The van der Waals surface area contributed by atoms with E-state index in [4.69, 9.17) is 11.6 Å². The van der Waals surface area contributed by atoms with Crippen LogP contribution < -0.4 is 5.32 Å². The van der Waals surface area contributed by atoms with E-state index in [2.05, 4.69) is 5.32 Å². The van der Waals surface area contributed by atoms with Crippen LogP contribution in [0.3, 0.4) is 0 Å². The Balaban J connectivity index is 2.83. The molecular weight excluding hydrogens is 358 g/mol. The number of nitrogens with one attached hydrogen (secondary N) is 1. The fourth-order valence-electron chi connectivity index (χ4n) is 2.52. The summed E-state index contributed by atoms with van der Waals surface area (Å²) in [4.78, 5) is 11.0. The molecule has 0 heterocycles. The maximum absolute atomic E-state index is 14.2. The van der Waals surface area contributed by atoms with Crippen LogP contribution in [0.1, 0.15) is 30.9 Å². The number of hydrogen-bond acceptors (Lipinski definition) is 1. The molecule has 2 aromatic carbocycles. The summed E-state index contributed by atoms with van der Waals surface area (Å²) in [7, 11) is 0. The molecule has 2 aromatic rings. The highest BCUT2D eigenvalue weighted by Gasteiger charge is 2.21. The largest absolute Gasteiger partial charge is 0.328 e. The van der Waals surface area contributed by atoms with Crippen molar-refractivity contribution in [1.29, 1.82) is 0 Å². The first-order valence-corrected chi connectivity index (χ1v) is 7.80. The molecule has 2 rings (SSSR count). The number of carbonyl (C=O) groups is 1. The van der Waals surface area contributed by atoms with Crippen molar-refractivity contribution >= 4 is 29.3 Å². The lowest BCUT2D eigenvalue weighted by molar-refractivity contribution is -0.108. The van der Waals surface area contributed by atoms with Crippen molar-refractivity contribution in [3.05, 3.63) is 69.8 Å². The summed E-state index contributed by atoms with van der Waals surface area (Å²) in [5.41, 5.74) is -0.406. The Hall–Kier alpha value is -2.34. The molecule has 1 amide bonds. The van der Waals surface area contributed by atoms with Gasteiger partial charge in [0.25, 0.3) is 0 Å². The summed E-state index contributed by atoms with van der Waals surface area (Å²) < 4.78 is 55.2. The quantitative estimate of drug-likeness (QED) is 0.416. The predicted molar refractivity (Wildman–Crippen MR) is 88.6 cm³/mol. The molecule has 2 nitrogen and oxygen atoms in total. The molecule has 0 unspecified atom stereocenters. The predicted octanol–water partition coefficient (Wildman–Crippen LogP) is 5.31. The van der Waals surface area contributed by atoms with E-state index in [0.29, 0.717) is 18.6 Å². The number of carbonyl (C=O) groups excluding carboxylic acids is 1. The molecule has 132 valence electrons. The lowest BCUT2D eigenvalue weighted by Crippen LogP contribution is -2.15. The van der Waals surface area contributed by atoms with Crippen LogP contribution in [-0.2, 0) is 4.79 Å². The summed E-state index contributed by atoms with van der Waals surface area (Å²) >= 11 is 6.10. The molecule has 0 aromatic heterocycles. The number of halogens is 5. The number of allylic oxidation sites excluding steroid dienone is 1. The van der Waals surface area contributed by atoms with Crippen LogP contribution in [0.25, 0.3) is 11.3 Å². The molecular formula is C18H14ClF4NO. The van der Waals surface area contributed by atoms with E-state index >= 15 is 0 Å². The SMILES string of the molecule is CCC/C(=C(\NC=O)c1c(F)cc(F)cc1F)c1cc(F)ccc1Cl. The van der Waals surface area contributed by atoms with E-state index in [1.54, 1.807) is 6.92 Å². The van der Waals surface area contributed by atoms with Gasteiger partial charge in [0, 0.05) is 22.7 Å². The van der Waals surface area contributed by atoms with Crippen LogP contribution in [0.4, 0.5) is 17.6 Å². The molecule has 0 aliphatic heterocycles. The van der Waals surface area contributed by atoms with Crippen LogP contribution in [0.5, 0.6) is 0 Å². The van der Waals surface area contributed by atoms with E-state index in [1.807, 2.05) is 0 Å². The van der Waals surface area contributed by atoms with Gasteiger partial charge in [-0.15, -0.1) is 0 Å². The fraction of sp³-hybridized carbons (Fsp3) is 0.167. The third kappa shape index (κ3) is 4.20. The van der Waals surface area contributed by atoms with Gasteiger partial charge in [0.15, 0.2) is 0 Å². The van der Waals surface area contributed by atoms with E-state index < -0.39 is 28.8 Å². The van der Waals surface area contributed by atoms with Gasteiger partial charge in [-0.05, 0) is 30.2 Å². The minimum absolute atomic E-state index is 0.151. The van der Waals surface area contributed by atoms with Crippen LogP contribution in [0.15, 0.2) is 30.3 Å². The maximum Gasteiger partial charge on any atom is 0.211 e. The van der Waals surface area contributed by atoms with Crippen LogP contribution in [0, 0.1) is 23.3 Å². The molecule has 0 spiro atoms. The zero-order valence-electron chi connectivity index (χ0n) is 13.2. The highest BCUT2D eigenvalue weighted by Crippen LogP contribution is 2.35. The second kappa shape index (κ2) is 8.16. The Morgan fingerprint density at radius 1 is 1.08 bits per heavy atom. The fourth-order valence-corrected chi connectivity index (χ4v) is 2.75. The van der Waals surface area contributed by atoms with E-state index in [0.717, 1.165) is 12.1 Å². The molecule has 1 N–H and O–H groups in total. The van der Waals surface area contributed by atoms with Gasteiger partial charge in [-0.1, -0.05) is 24.9 Å². The zero-order valence-corrected chi connectivity index (χ0v) is 13.9. The van der Waals surface area contributed by atoms with Gasteiger partial charge in [0.1, 0.15) is 23.3 Å². The topological polar surface area (TPSA) is 29.1 Å². The van der Waals surface area contributed by atoms with Crippen molar-refractivity contribution in [1.82, 2.24) is 5.32 Å². The maximum atomic E-state index is 14.2. The van der Waals surface area contributed by atoms with E-state index in [9.17, 15) is 22.4 Å². The smallest absolute Gasteiger partial charge is 0.211 e. The van der Waals surface area contributed by atoms with Crippen molar-refractivity contribution in [3.63, 3.8) is 0 Å². The minimum Gasteiger partial charge on any atom is -0.328 e. The number of benzene rings is 2. The third-order valence-corrected chi connectivity index (χ3v) is 3.85. The van der Waals surface area contributed by atoms with Gasteiger partial charge in [0.2, 0.25) is 6.41 Å². The monoisotopic (exact) mass is 371 g/mol.